The van der Waals surface area contributed by atoms with Crippen LogP contribution in [0.4, 0.5) is 10.8 Å². The Bertz CT molecular complexity index is 648. The number of thiazole rings is 1. The standard InChI is InChI=1S/C17H22N4OS/c1-20(2)15-5-3-4-13(12-15)16(22)19-14-6-9-21(10-7-14)17-18-8-11-23-17/h3-5,8,11-12,14H,6-7,9-10H2,1-2H3,(H,19,22). The number of hydrogen-bond acceptors (Lipinski definition) is 5. The third kappa shape index (κ3) is 3.82. The van der Waals surface area contributed by atoms with Crippen LogP contribution in [0.5, 0.6) is 0 Å². The van der Waals surface area contributed by atoms with Crippen LogP contribution in [0.3, 0.4) is 0 Å². The molecule has 1 saturated heterocycles. The molecule has 1 fully saturated rings. The Balaban J connectivity index is 1.56. The van der Waals surface area contributed by atoms with E-state index in [0.29, 0.717) is 0 Å². The molecule has 0 saturated carbocycles. The van der Waals surface area contributed by atoms with Crippen LogP contribution in [0.1, 0.15) is 23.2 Å². The molecule has 1 aromatic carbocycles. The number of benzene rings is 1. The molecule has 1 amide bonds. The highest BCUT2D eigenvalue weighted by molar-refractivity contribution is 7.13. The molecule has 1 aromatic heterocycles. The molecular weight excluding hydrogens is 308 g/mol. The average Bonchev–Trinajstić information content (AvgIpc) is 3.10. The van der Waals surface area contributed by atoms with Gasteiger partial charge in [0.05, 0.1) is 0 Å². The van der Waals surface area contributed by atoms with Gasteiger partial charge in [-0.3, -0.25) is 4.79 Å². The number of nitrogens with zero attached hydrogens (tertiary/aromatic N) is 3. The number of carbonyl (C=O) groups excluding carboxylic acids is 1. The highest BCUT2D eigenvalue weighted by Gasteiger charge is 2.22. The average molecular weight is 330 g/mol. The number of piperidine rings is 1. The van der Waals surface area contributed by atoms with Crippen LogP contribution in [0, 0.1) is 0 Å². The first-order chi connectivity index (χ1) is 11.1. The normalized spacial score (nSPS) is 15.5. The zero-order chi connectivity index (χ0) is 16.2. The monoisotopic (exact) mass is 330 g/mol. The van der Waals surface area contributed by atoms with Crippen LogP contribution in [0.2, 0.25) is 0 Å². The maximum absolute atomic E-state index is 12.4. The smallest absolute Gasteiger partial charge is 0.251 e. The maximum atomic E-state index is 12.4. The first-order valence-electron chi connectivity index (χ1n) is 7.86. The molecule has 23 heavy (non-hydrogen) atoms. The molecule has 0 unspecified atom stereocenters. The van der Waals surface area contributed by atoms with Gasteiger partial charge in [-0.25, -0.2) is 4.98 Å². The Morgan fingerprint density at radius 1 is 1.35 bits per heavy atom. The molecule has 6 heteroatoms. The minimum Gasteiger partial charge on any atom is -0.378 e. The topological polar surface area (TPSA) is 48.5 Å². The van der Waals surface area contributed by atoms with Crippen molar-refractivity contribution in [3.05, 3.63) is 41.4 Å². The molecule has 1 aliphatic rings. The molecule has 122 valence electrons. The van der Waals surface area contributed by atoms with Gasteiger partial charge in [-0.15, -0.1) is 11.3 Å². The van der Waals surface area contributed by atoms with Gasteiger partial charge in [0, 0.05) is 56.1 Å². The summed E-state index contributed by atoms with van der Waals surface area (Å²) in [6.07, 6.45) is 3.75. The molecule has 0 aliphatic carbocycles. The number of carbonyl (C=O) groups is 1. The summed E-state index contributed by atoms with van der Waals surface area (Å²) in [5, 5.41) is 6.24. The molecule has 2 heterocycles. The number of aromatic nitrogens is 1. The zero-order valence-corrected chi connectivity index (χ0v) is 14.3. The second kappa shape index (κ2) is 7.00. The lowest BCUT2D eigenvalue weighted by atomic mass is 10.0. The van der Waals surface area contributed by atoms with E-state index in [0.717, 1.165) is 42.3 Å². The van der Waals surface area contributed by atoms with Crippen molar-refractivity contribution < 1.29 is 4.79 Å². The summed E-state index contributed by atoms with van der Waals surface area (Å²) in [6, 6.07) is 7.97. The van der Waals surface area contributed by atoms with E-state index < -0.39 is 0 Å². The lowest BCUT2D eigenvalue weighted by Gasteiger charge is -2.32. The lowest BCUT2D eigenvalue weighted by Crippen LogP contribution is -2.44. The molecule has 3 rings (SSSR count). The highest BCUT2D eigenvalue weighted by atomic mass is 32.1. The predicted octanol–water partition coefficient (Wildman–Crippen LogP) is 2.61. The summed E-state index contributed by atoms with van der Waals surface area (Å²) in [5.41, 5.74) is 1.76. The fourth-order valence-corrected chi connectivity index (χ4v) is 3.48. The lowest BCUT2D eigenvalue weighted by molar-refractivity contribution is 0.0931. The second-order valence-corrected chi connectivity index (χ2v) is 6.87. The van der Waals surface area contributed by atoms with E-state index in [1.54, 1.807) is 11.3 Å². The van der Waals surface area contributed by atoms with Gasteiger partial charge in [-0.1, -0.05) is 6.07 Å². The van der Waals surface area contributed by atoms with Gasteiger partial charge in [0.2, 0.25) is 0 Å². The van der Waals surface area contributed by atoms with Crippen molar-refractivity contribution in [3.63, 3.8) is 0 Å². The van der Waals surface area contributed by atoms with Crippen molar-refractivity contribution in [2.24, 2.45) is 0 Å². The summed E-state index contributed by atoms with van der Waals surface area (Å²) in [5.74, 6) is 0.0152. The van der Waals surface area contributed by atoms with E-state index in [-0.39, 0.29) is 11.9 Å². The molecule has 0 bridgehead atoms. The van der Waals surface area contributed by atoms with Crippen molar-refractivity contribution in [2.75, 3.05) is 37.0 Å². The van der Waals surface area contributed by atoms with E-state index in [1.807, 2.05) is 54.8 Å². The summed E-state index contributed by atoms with van der Waals surface area (Å²) in [4.78, 5) is 21.1. The van der Waals surface area contributed by atoms with Crippen LogP contribution < -0.4 is 15.1 Å². The Labute approximate surface area is 140 Å². The van der Waals surface area contributed by atoms with Crippen LogP contribution >= 0.6 is 11.3 Å². The third-order valence-corrected chi connectivity index (χ3v) is 4.98. The van der Waals surface area contributed by atoms with Gasteiger partial charge >= 0.3 is 0 Å². The van der Waals surface area contributed by atoms with E-state index in [9.17, 15) is 4.79 Å². The van der Waals surface area contributed by atoms with E-state index in [4.69, 9.17) is 0 Å². The Morgan fingerprint density at radius 2 is 2.13 bits per heavy atom. The Hall–Kier alpha value is -2.08. The molecular formula is C17H22N4OS. The van der Waals surface area contributed by atoms with Crippen LogP contribution in [0.15, 0.2) is 35.8 Å². The summed E-state index contributed by atoms with van der Waals surface area (Å²) in [7, 11) is 3.96. The summed E-state index contributed by atoms with van der Waals surface area (Å²) < 4.78 is 0. The van der Waals surface area contributed by atoms with Crippen molar-refractivity contribution in [3.8, 4) is 0 Å². The fraction of sp³-hybridized carbons (Fsp3) is 0.412. The molecule has 5 nitrogen and oxygen atoms in total. The highest BCUT2D eigenvalue weighted by Crippen LogP contribution is 2.22. The third-order valence-electron chi connectivity index (χ3n) is 4.14. The van der Waals surface area contributed by atoms with Gasteiger partial charge in [-0.2, -0.15) is 0 Å². The van der Waals surface area contributed by atoms with Gasteiger partial charge in [0.1, 0.15) is 0 Å². The first kappa shape index (κ1) is 15.8. The number of anilines is 2. The minimum atomic E-state index is 0.0152. The number of amides is 1. The van der Waals surface area contributed by atoms with Gasteiger partial charge in [-0.05, 0) is 31.0 Å². The van der Waals surface area contributed by atoms with Gasteiger partial charge in [0.25, 0.3) is 5.91 Å². The van der Waals surface area contributed by atoms with Crippen LogP contribution in [-0.2, 0) is 0 Å². The fourth-order valence-electron chi connectivity index (χ4n) is 2.78. The molecule has 0 atom stereocenters. The Morgan fingerprint density at radius 3 is 2.78 bits per heavy atom. The maximum Gasteiger partial charge on any atom is 0.251 e. The van der Waals surface area contributed by atoms with E-state index in [2.05, 4.69) is 15.2 Å². The largest absolute Gasteiger partial charge is 0.378 e. The van der Waals surface area contributed by atoms with Crippen molar-refractivity contribution >= 4 is 28.1 Å². The SMILES string of the molecule is CN(C)c1cccc(C(=O)NC2CCN(c3nccs3)CC2)c1. The first-order valence-corrected chi connectivity index (χ1v) is 8.74. The predicted molar refractivity (Wildman–Crippen MR) is 95.6 cm³/mol. The number of nitrogens with one attached hydrogen (secondary N) is 1. The van der Waals surface area contributed by atoms with Crippen LogP contribution in [0.25, 0.3) is 0 Å². The van der Waals surface area contributed by atoms with Crippen LogP contribution in [-0.4, -0.2) is 44.1 Å². The molecule has 0 spiro atoms. The number of rotatable bonds is 4. The van der Waals surface area contributed by atoms with E-state index >= 15 is 0 Å². The number of hydrogen-bond donors (Lipinski definition) is 1. The molecule has 1 aliphatic heterocycles. The second-order valence-electron chi connectivity index (χ2n) is 5.99. The molecule has 1 N–H and O–H groups in total. The van der Waals surface area contributed by atoms with Crippen molar-refractivity contribution in [1.29, 1.82) is 0 Å². The van der Waals surface area contributed by atoms with E-state index in [1.165, 1.54) is 0 Å². The molecule has 0 radical (unpaired) electrons. The zero-order valence-electron chi connectivity index (χ0n) is 13.5. The Kier molecular flexibility index (Phi) is 4.81. The molecule has 2 aromatic rings. The summed E-state index contributed by atoms with van der Waals surface area (Å²) in [6.45, 7) is 1.88. The minimum absolute atomic E-state index is 0.0152. The van der Waals surface area contributed by atoms with Gasteiger partial charge < -0.3 is 15.1 Å². The quantitative estimate of drug-likeness (QED) is 0.936. The van der Waals surface area contributed by atoms with Gasteiger partial charge in [0.15, 0.2) is 5.13 Å². The van der Waals surface area contributed by atoms with Crippen molar-refractivity contribution in [2.45, 2.75) is 18.9 Å². The van der Waals surface area contributed by atoms with Crippen molar-refractivity contribution in [1.82, 2.24) is 10.3 Å². The summed E-state index contributed by atoms with van der Waals surface area (Å²) >= 11 is 1.67.